The Balaban J connectivity index is 2.31. The van der Waals surface area contributed by atoms with Crippen molar-refractivity contribution in [3.63, 3.8) is 0 Å². The van der Waals surface area contributed by atoms with Crippen molar-refractivity contribution < 1.29 is 9.84 Å². The third kappa shape index (κ3) is 4.21. The number of rotatable bonds is 5. The fraction of sp³-hybridized carbons (Fsp3) is 0.833. The van der Waals surface area contributed by atoms with E-state index in [0.29, 0.717) is 12.8 Å². The van der Waals surface area contributed by atoms with E-state index in [4.69, 9.17) is 11.2 Å². The van der Waals surface area contributed by atoms with Crippen molar-refractivity contribution in [2.75, 3.05) is 26.2 Å². The lowest BCUT2D eigenvalue weighted by Crippen LogP contribution is -2.47. The summed E-state index contributed by atoms with van der Waals surface area (Å²) in [6.45, 7) is 5.78. The van der Waals surface area contributed by atoms with E-state index in [0.717, 1.165) is 32.7 Å². The highest BCUT2D eigenvalue weighted by atomic mass is 16.5. The molecule has 2 unspecified atom stereocenters. The molecule has 0 aromatic heterocycles. The van der Waals surface area contributed by atoms with Gasteiger partial charge in [-0.2, -0.15) is 0 Å². The molecule has 0 amide bonds. The summed E-state index contributed by atoms with van der Waals surface area (Å²) in [6.07, 6.45) is 7.10. The van der Waals surface area contributed by atoms with E-state index >= 15 is 0 Å². The maximum Gasteiger partial charge on any atom is 0.0961 e. The Morgan fingerprint density at radius 1 is 1.67 bits per heavy atom. The van der Waals surface area contributed by atoms with Crippen LogP contribution in [0.5, 0.6) is 0 Å². The zero-order chi connectivity index (χ0) is 11.1. The molecule has 15 heavy (non-hydrogen) atoms. The predicted molar refractivity (Wildman–Crippen MR) is 60.5 cm³/mol. The minimum Gasteiger partial charge on any atom is -0.390 e. The van der Waals surface area contributed by atoms with Crippen molar-refractivity contribution in [1.82, 2.24) is 4.90 Å². The summed E-state index contributed by atoms with van der Waals surface area (Å²) in [5.41, 5.74) is 0. The number of nitrogens with zero attached hydrogens (tertiary/aromatic N) is 1. The maximum atomic E-state index is 9.84. The summed E-state index contributed by atoms with van der Waals surface area (Å²) in [5, 5.41) is 9.84. The van der Waals surface area contributed by atoms with Crippen LogP contribution in [0, 0.1) is 12.3 Å². The van der Waals surface area contributed by atoms with E-state index in [2.05, 4.69) is 17.7 Å². The molecule has 0 aromatic rings. The third-order valence-electron chi connectivity index (χ3n) is 2.73. The lowest BCUT2D eigenvalue weighted by molar-refractivity contribution is -0.0897. The molecule has 86 valence electrons. The Labute approximate surface area is 92.4 Å². The highest BCUT2D eigenvalue weighted by Gasteiger charge is 2.25. The first kappa shape index (κ1) is 12.5. The van der Waals surface area contributed by atoms with Gasteiger partial charge in [-0.05, 0) is 19.4 Å². The third-order valence-corrected chi connectivity index (χ3v) is 2.73. The second-order valence-electron chi connectivity index (χ2n) is 4.02. The lowest BCUT2D eigenvalue weighted by atomic mass is 10.1. The van der Waals surface area contributed by atoms with Gasteiger partial charge in [-0.3, -0.25) is 4.90 Å². The van der Waals surface area contributed by atoms with Crippen molar-refractivity contribution in [1.29, 1.82) is 0 Å². The summed E-state index contributed by atoms with van der Waals surface area (Å²) < 4.78 is 5.55. The van der Waals surface area contributed by atoms with Crippen LogP contribution in [0.2, 0.25) is 0 Å². The van der Waals surface area contributed by atoms with Gasteiger partial charge in [0.05, 0.1) is 18.8 Å². The molecule has 0 radical (unpaired) electrons. The largest absolute Gasteiger partial charge is 0.390 e. The number of terminal acetylenes is 1. The van der Waals surface area contributed by atoms with E-state index in [9.17, 15) is 5.11 Å². The van der Waals surface area contributed by atoms with Gasteiger partial charge in [-0.25, -0.2) is 0 Å². The van der Waals surface area contributed by atoms with Crippen LogP contribution < -0.4 is 0 Å². The second kappa shape index (κ2) is 6.84. The molecule has 3 nitrogen and oxygen atoms in total. The van der Waals surface area contributed by atoms with Gasteiger partial charge in [0.1, 0.15) is 0 Å². The molecule has 1 aliphatic heterocycles. The first-order valence-electron chi connectivity index (χ1n) is 5.73. The lowest BCUT2D eigenvalue weighted by Gasteiger charge is -2.34. The molecule has 2 atom stereocenters. The molecule has 1 aliphatic rings. The van der Waals surface area contributed by atoms with Gasteiger partial charge in [0.15, 0.2) is 0 Å². The van der Waals surface area contributed by atoms with Gasteiger partial charge in [-0.1, -0.05) is 6.92 Å². The summed E-state index contributed by atoms with van der Waals surface area (Å²) in [7, 11) is 0. The van der Waals surface area contributed by atoms with Crippen LogP contribution in [0.4, 0.5) is 0 Å². The van der Waals surface area contributed by atoms with Crippen LogP contribution in [0.15, 0.2) is 0 Å². The minimum absolute atomic E-state index is 0.0568. The maximum absolute atomic E-state index is 9.84. The molecular formula is C12H21NO2. The van der Waals surface area contributed by atoms with Crippen molar-refractivity contribution in [3.8, 4) is 12.3 Å². The minimum atomic E-state index is -0.416. The number of ether oxygens (including phenoxy) is 1. The van der Waals surface area contributed by atoms with Crippen molar-refractivity contribution >= 4 is 0 Å². The van der Waals surface area contributed by atoms with Crippen molar-refractivity contribution in [3.05, 3.63) is 0 Å². The Hall–Kier alpha value is -0.560. The van der Waals surface area contributed by atoms with Crippen LogP contribution in [0.1, 0.15) is 26.2 Å². The average molecular weight is 211 g/mol. The molecule has 0 spiro atoms. The molecule has 1 N–H and O–H groups in total. The fourth-order valence-corrected chi connectivity index (χ4v) is 1.90. The van der Waals surface area contributed by atoms with E-state index in [1.54, 1.807) is 0 Å². The van der Waals surface area contributed by atoms with Gasteiger partial charge in [0.25, 0.3) is 0 Å². The van der Waals surface area contributed by atoms with Crippen LogP contribution in [0.25, 0.3) is 0 Å². The summed E-state index contributed by atoms with van der Waals surface area (Å²) in [6, 6.07) is 0. The Morgan fingerprint density at radius 2 is 2.47 bits per heavy atom. The molecular weight excluding hydrogens is 190 g/mol. The predicted octanol–water partition coefficient (Wildman–Crippen LogP) is 0.871. The normalized spacial score (nSPS) is 24.7. The Bertz CT molecular complexity index is 210. The number of hydrogen-bond acceptors (Lipinski definition) is 3. The molecule has 0 aromatic carbocycles. The van der Waals surface area contributed by atoms with Gasteiger partial charge >= 0.3 is 0 Å². The van der Waals surface area contributed by atoms with Gasteiger partial charge in [0, 0.05) is 19.5 Å². The standard InChI is InChI=1S/C12H21NO2/c1-3-5-6-11(14)12-10-13(7-4-2)8-9-15-12/h1,11-12,14H,4-10H2,2H3. The average Bonchev–Trinajstić information content (AvgIpc) is 2.27. The van der Waals surface area contributed by atoms with Gasteiger partial charge < -0.3 is 9.84 Å². The van der Waals surface area contributed by atoms with Crippen molar-refractivity contribution in [2.24, 2.45) is 0 Å². The monoisotopic (exact) mass is 211 g/mol. The first-order valence-corrected chi connectivity index (χ1v) is 5.73. The quantitative estimate of drug-likeness (QED) is 0.685. The molecule has 0 bridgehead atoms. The van der Waals surface area contributed by atoms with Crippen molar-refractivity contribution in [2.45, 2.75) is 38.4 Å². The van der Waals surface area contributed by atoms with E-state index in [-0.39, 0.29) is 6.10 Å². The van der Waals surface area contributed by atoms with E-state index in [1.165, 1.54) is 0 Å². The molecule has 0 aliphatic carbocycles. The van der Waals surface area contributed by atoms with Crippen LogP contribution in [0.3, 0.4) is 0 Å². The highest BCUT2D eigenvalue weighted by molar-refractivity contribution is 4.87. The van der Waals surface area contributed by atoms with E-state index < -0.39 is 6.10 Å². The molecule has 1 rings (SSSR count). The van der Waals surface area contributed by atoms with Gasteiger partial charge in [-0.15, -0.1) is 12.3 Å². The molecule has 1 heterocycles. The Morgan fingerprint density at radius 3 is 3.13 bits per heavy atom. The molecule has 3 heteroatoms. The molecule has 0 saturated carbocycles. The fourth-order valence-electron chi connectivity index (χ4n) is 1.90. The summed E-state index contributed by atoms with van der Waals surface area (Å²) in [5.74, 6) is 2.54. The van der Waals surface area contributed by atoms with Crippen LogP contribution >= 0.6 is 0 Å². The second-order valence-corrected chi connectivity index (χ2v) is 4.02. The zero-order valence-corrected chi connectivity index (χ0v) is 9.48. The zero-order valence-electron chi connectivity index (χ0n) is 9.48. The highest BCUT2D eigenvalue weighted by Crippen LogP contribution is 2.12. The Kier molecular flexibility index (Phi) is 5.70. The SMILES string of the molecule is C#CCCC(O)C1CN(CCC)CCO1. The van der Waals surface area contributed by atoms with Gasteiger partial charge in [0.2, 0.25) is 0 Å². The first-order chi connectivity index (χ1) is 7.27. The number of morpholine rings is 1. The molecule has 1 saturated heterocycles. The number of hydrogen-bond donors (Lipinski definition) is 1. The van der Waals surface area contributed by atoms with E-state index in [1.807, 2.05) is 0 Å². The topological polar surface area (TPSA) is 32.7 Å². The molecule has 1 fully saturated rings. The number of aliphatic hydroxyl groups excluding tert-OH is 1. The van der Waals surface area contributed by atoms with Crippen LogP contribution in [-0.2, 0) is 4.74 Å². The van der Waals surface area contributed by atoms with Crippen LogP contribution in [-0.4, -0.2) is 48.5 Å². The number of aliphatic hydroxyl groups is 1. The summed E-state index contributed by atoms with van der Waals surface area (Å²) >= 11 is 0. The summed E-state index contributed by atoms with van der Waals surface area (Å²) in [4.78, 5) is 2.34. The smallest absolute Gasteiger partial charge is 0.0961 e.